The first-order valence-electron chi connectivity index (χ1n) is 24.1. The number of amides is 3. The Bertz CT molecular complexity index is 1870. The number of ether oxygens (including phenoxy) is 11. The molecule has 6 aliphatic rings. The summed E-state index contributed by atoms with van der Waals surface area (Å²) in [4.78, 5) is 36.7. The third-order valence-corrected chi connectivity index (χ3v) is 13.6. The lowest BCUT2D eigenvalue weighted by atomic mass is 9.94. The molecule has 6 aliphatic heterocycles. The van der Waals surface area contributed by atoms with Gasteiger partial charge >= 0.3 is 0 Å². The number of aliphatic hydroxyl groups excluding tert-OH is 17. The molecule has 30 atom stereocenters. The van der Waals surface area contributed by atoms with Gasteiger partial charge in [-0.3, -0.25) is 14.4 Å². The van der Waals surface area contributed by atoms with Crippen molar-refractivity contribution >= 4 is 17.7 Å². The standard InChI is InChI=1S/C42H71N3O31/c1-10(51)43-19-27(59)33(16(7-49)67-37(19)65)73-39-21(45-12(3)53)28(60)34(17(8-50)71-39)74-41-32(64)35(75-40-31(63)29(61)23(55)14(5-47)69-40)25(57)18(72-41)9-66-42-36(30(62)24(56)15(6-48)70-42)76-38-20(44-11(2)52)26(58)22(54)13(4-46)68-38/h13-42,46-50,54-65H,4-9H2,1-3H3,(H,43,51)(H,44,52)(H,45,53)/t13-,14-,15-,16-,17-,18-,19-,20-,21-,22-,23-,24-,25-,26-,27-,28-,29+,30+,31+,32+,33-,34-,35+,36+,37+,38+,39+,40-,41+,42+/m1/s1. The van der Waals surface area contributed by atoms with Crippen molar-refractivity contribution in [1.29, 1.82) is 0 Å². The van der Waals surface area contributed by atoms with Crippen LogP contribution in [0, 0.1) is 0 Å². The Morgan fingerprint density at radius 2 is 0.711 bits per heavy atom. The number of aliphatic hydroxyl groups is 17. The van der Waals surface area contributed by atoms with E-state index < -0.39 is 241 Å². The summed E-state index contributed by atoms with van der Waals surface area (Å²) in [5.74, 6) is -2.33. The summed E-state index contributed by atoms with van der Waals surface area (Å²) in [7, 11) is 0. The fraction of sp³-hybridized carbons (Fsp3) is 0.929. The van der Waals surface area contributed by atoms with Crippen LogP contribution >= 0.6 is 0 Å². The third kappa shape index (κ3) is 13.7. The molecule has 20 N–H and O–H groups in total. The quantitative estimate of drug-likeness (QED) is 0.0571. The molecule has 34 heteroatoms. The monoisotopic (exact) mass is 1110 g/mol. The molecule has 0 radical (unpaired) electrons. The first kappa shape index (κ1) is 62.5. The van der Waals surface area contributed by atoms with Crippen LogP contribution in [0.5, 0.6) is 0 Å². The van der Waals surface area contributed by atoms with Gasteiger partial charge in [0.15, 0.2) is 37.7 Å². The van der Waals surface area contributed by atoms with Crippen molar-refractivity contribution in [3.05, 3.63) is 0 Å². The van der Waals surface area contributed by atoms with E-state index in [-0.39, 0.29) is 0 Å². The van der Waals surface area contributed by atoms with Gasteiger partial charge < -0.3 is 155 Å². The predicted molar refractivity (Wildman–Crippen MR) is 234 cm³/mol. The van der Waals surface area contributed by atoms with E-state index in [1.807, 2.05) is 0 Å². The lowest BCUT2D eigenvalue weighted by Crippen LogP contribution is -2.70. The topological polar surface area (TPSA) is 533 Å². The van der Waals surface area contributed by atoms with Crippen molar-refractivity contribution in [1.82, 2.24) is 16.0 Å². The van der Waals surface area contributed by atoms with Crippen LogP contribution in [0.2, 0.25) is 0 Å². The van der Waals surface area contributed by atoms with Crippen molar-refractivity contribution in [2.45, 2.75) is 205 Å². The summed E-state index contributed by atoms with van der Waals surface area (Å²) < 4.78 is 63.6. The fourth-order valence-electron chi connectivity index (χ4n) is 9.60. The highest BCUT2D eigenvalue weighted by molar-refractivity contribution is 5.74. The number of hydrogen-bond donors (Lipinski definition) is 20. The minimum Gasteiger partial charge on any atom is -0.394 e. The maximum Gasteiger partial charge on any atom is 0.217 e. The Labute approximate surface area is 431 Å². The first-order valence-corrected chi connectivity index (χ1v) is 24.1. The van der Waals surface area contributed by atoms with Crippen LogP contribution in [0.4, 0.5) is 0 Å². The van der Waals surface area contributed by atoms with Gasteiger partial charge in [0.2, 0.25) is 17.7 Å². The smallest absolute Gasteiger partial charge is 0.217 e. The SMILES string of the molecule is CC(=O)N[C@@H]1[C@@H](O)[C@H](O[C@@H]2O[C@H](CO)[C@@H](O[C@@H]3O[C@H](CO[C@H]4O[C@H](CO)[C@@H](O)[C@H](O)[C@@H]4O[C@@H]4O[C@H](CO)[C@@H](O)[C@H](O)[C@H]4NC(C)=O)[C@@H](O)[C@H](O[C@H]4O[C@H](CO)[C@@H](O)[C@H](O)[C@@H]4O)[C@@H]3O)[C@H](O)[C@H]2NC(C)=O)[C@@H](CO)O[C@@H]1O. The van der Waals surface area contributed by atoms with Gasteiger partial charge in [0, 0.05) is 20.8 Å². The van der Waals surface area contributed by atoms with Crippen molar-refractivity contribution in [3.63, 3.8) is 0 Å². The van der Waals surface area contributed by atoms with Crippen molar-refractivity contribution in [3.8, 4) is 0 Å². The van der Waals surface area contributed by atoms with Gasteiger partial charge in [0.1, 0.15) is 146 Å². The van der Waals surface area contributed by atoms with Crippen molar-refractivity contribution in [2.75, 3.05) is 39.6 Å². The fourth-order valence-corrected chi connectivity index (χ4v) is 9.60. The van der Waals surface area contributed by atoms with Gasteiger partial charge in [-0.25, -0.2) is 0 Å². The molecule has 0 saturated carbocycles. The minimum atomic E-state index is -2.29. The average molecular weight is 1110 g/mol. The Kier molecular flexibility index (Phi) is 22.3. The molecule has 6 saturated heterocycles. The van der Waals surface area contributed by atoms with Crippen LogP contribution in [0.3, 0.4) is 0 Å². The lowest BCUT2D eigenvalue weighted by molar-refractivity contribution is -0.387. The van der Waals surface area contributed by atoms with E-state index in [0.717, 1.165) is 20.8 Å². The summed E-state index contributed by atoms with van der Waals surface area (Å²) in [6.07, 6.45) is -51.6. The predicted octanol–water partition coefficient (Wildman–Crippen LogP) is -13.7. The molecule has 0 spiro atoms. The molecule has 3 amide bonds. The Hall–Kier alpha value is -2.71. The van der Waals surface area contributed by atoms with Gasteiger partial charge in [0.25, 0.3) is 0 Å². The van der Waals surface area contributed by atoms with E-state index in [9.17, 15) is 101 Å². The van der Waals surface area contributed by atoms with E-state index in [4.69, 9.17) is 52.1 Å². The minimum absolute atomic E-state index is 0.721. The number of nitrogens with one attached hydrogen (secondary N) is 3. The number of rotatable bonds is 19. The molecule has 6 heterocycles. The molecular formula is C42H71N3O31. The summed E-state index contributed by atoms with van der Waals surface area (Å²) in [6, 6.07) is -4.92. The molecule has 0 aromatic carbocycles. The number of hydrogen-bond acceptors (Lipinski definition) is 31. The normalized spacial score (nSPS) is 48.2. The zero-order valence-corrected chi connectivity index (χ0v) is 40.9. The van der Waals surface area contributed by atoms with E-state index in [1.54, 1.807) is 0 Å². The van der Waals surface area contributed by atoms with Crippen LogP contribution < -0.4 is 16.0 Å². The number of carbonyl (C=O) groups excluding carboxylic acids is 3. The summed E-state index contributed by atoms with van der Waals surface area (Å²) in [6.45, 7) is -2.65. The van der Waals surface area contributed by atoms with Crippen LogP contribution in [0.1, 0.15) is 20.8 Å². The molecular weight excluding hydrogens is 1040 g/mol. The van der Waals surface area contributed by atoms with Crippen molar-refractivity contribution < 1.29 is 153 Å². The second kappa shape index (κ2) is 27.2. The maximum absolute atomic E-state index is 12.6. The largest absolute Gasteiger partial charge is 0.394 e. The summed E-state index contributed by atoms with van der Waals surface area (Å²) >= 11 is 0. The summed E-state index contributed by atoms with van der Waals surface area (Å²) in [5.41, 5.74) is 0. The molecule has 440 valence electrons. The highest BCUT2D eigenvalue weighted by atomic mass is 16.8. The van der Waals surface area contributed by atoms with Crippen LogP contribution in [-0.4, -0.2) is 328 Å². The molecule has 0 aliphatic carbocycles. The van der Waals surface area contributed by atoms with Crippen LogP contribution in [0.15, 0.2) is 0 Å². The van der Waals surface area contributed by atoms with Crippen molar-refractivity contribution in [2.24, 2.45) is 0 Å². The van der Waals surface area contributed by atoms with E-state index in [2.05, 4.69) is 16.0 Å². The Morgan fingerprint density at radius 1 is 0.342 bits per heavy atom. The van der Waals surface area contributed by atoms with E-state index in [1.165, 1.54) is 0 Å². The van der Waals surface area contributed by atoms with Crippen LogP contribution in [0.25, 0.3) is 0 Å². The lowest BCUT2D eigenvalue weighted by Gasteiger charge is -2.50. The Morgan fingerprint density at radius 3 is 1.24 bits per heavy atom. The zero-order chi connectivity index (χ0) is 56.2. The van der Waals surface area contributed by atoms with Gasteiger partial charge in [0.05, 0.1) is 39.6 Å². The van der Waals surface area contributed by atoms with E-state index in [0.29, 0.717) is 0 Å². The molecule has 6 rings (SSSR count). The highest BCUT2D eigenvalue weighted by Gasteiger charge is 2.57. The molecule has 34 nitrogen and oxygen atoms in total. The summed E-state index contributed by atoms with van der Waals surface area (Å²) in [5, 5.41) is 190. The molecule has 0 unspecified atom stereocenters. The van der Waals surface area contributed by atoms with E-state index >= 15 is 0 Å². The van der Waals surface area contributed by atoms with Gasteiger partial charge in [-0.1, -0.05) is 0 Å². The average Bonchev–Trinajstić information content (AvgIpc) is 3.38. The second-order valence-electron chi connectivity index (χ2n) is 19.0. The third-order valence-electron chi connectivity index (χ3n) is 13.6. The second-order valence-corrected chi connectivity index (χ2v) is 19.0. The highest BCUT2D eigenvalue weighted by Crippen LogP contribution is 2.36. The number of carbonyl (C=O) groups is 3. The first-order chi connectivity index (χ1) is 35.9. The molecule has 0 aromatic heterocycles. The van der Waals surface area contributed by atoms with Gasteiger partial charge in [-0.2, -0.15) is 0 Å². The molecule has 0 bridgehead atoms. The van der Waals surface area contributed by atoms with Gasteiger partial charge in [-0.15, -0.1) is 0 Å². The zero-order valence-electron chi connectivity index (χ0n) is 40.9. The molecule has 6 fully saturated rings. The molecule has 0 aromatic rings. The maximum atomic E-state index is 12.6. The van der Waals surface area contributed by atoms with Gasteiger partial charge in [-0.05, 0) is 0 Å². The molecule has 76 heavy (non-hydrogen) atoms. The van der Waals surface area contributed by atoms with Crippen LogP contribution in [-0.2, 0) is 66.5 Å². The Balaban J connectivity index is 1.30.